The molecule has 32 heavy (non-hydrogen) atoms. The molecule has 0 amide bonds. The van der Waals surface area contributed by atoms with Crippen LogP contribution in [0.2, 0.25) is 0 Å². The molecule has 4 aromatic rings. The van der Waals surface area contributed by atoms with E-state index in [0.29, 0.717) is 11.3 Å². The lowest BCUT2D eigenvalue weighted by Gasteiger charge is -2.27. The van der Waals surface area contributed by atoms with Gasteiger partial charge in [0.05, 0.1) is 0 Å². The number of ether oxygens (including phenoxy) is 1. The van der Waals surface area contributed by atoms with Crippen LogP contribution in [0.25, 0.3) is 11.1 Å². The normalized spacial score (nSPS) is 11.3. The first-order chi connectivity index (χ1) is 15.4. The Morgan fingerprint density at radius 2 is 1.28 bits per heavy atom. The smallest absolute Gasteiger partial charge is 0.127 e. The van der Waals surface area contributed by atoms with Crippen molar-refractivity contribution in [3.05, 3.63) is 108 Å². The maximum absolute atomic E-state index is 10.8. The van der Waals surface area contributed by atoms with Gasteiger partial charge in [0.15, 0.2) is 0 Å². The van der Waals surface area contributed by atoms with E-state index in [4.69, 9.17) is 4.74 Å². The molecule has 162 valence electrons. The number of hydrogen-bond acceptors (Lipinski definition) is 3. The van der Waals surface area contributed by atoms with Crippen LogP contribution >= 0.6 is 0 Å². The molecule has 0 saturated carbocycles. The minimum absolute atomic E-state index is 0.155. The minimum Gasteiger partial charge on any atom is -0.508 e. The molecule has 0 aliphatic carbocycles. The molecule has 3 heteroatoms. The average Bonchev–Trinajstić information content (AvgIpc) is 2.81. The van der Waals surface area contributed by atoms with E-state index in [2.05, 4.69) is 26.0 Å². The summed E-state index contributed by atoms with van der Waals surface area (Å²) < 4.78 is 5.84. The molecule has 0 bridgehead atoms. The van der Waals surface area contributed by atoms with Crippen LogP contribution in [0.1, 0.15) is 31.4 Å². The maximum atomic E-state index is 10.8. The number of rotatable bonds is 7. The van der Waals surface area contributed by atoms with Gasteiger partial charge in [0, 0.05) is 11.1 Å². The zero-order chi connectivity index (χ0) is 22.6. The fourth-order valence-corrected chi connectivity index (χ4v) is 3.91. The summed E-state index contributed by atoms with van der Waals surface area (Å²) in [4.78, 5) is 0. The summed E-state index contributed by atoms with van der Waals surface area (Å²) in [5.41, 5.74) is 3.13. The highest BCUT2D eigenvalue weighted by molar-refractivity contribution is 5.73. The predicted octanol–water partition coefficient (Wildman–Crippen LogP) is 7.47. The van der Waals surface area contributed by atoms with E-state index in [9.17, 15) is 10.2 Å². The molecule has 0 unspecified atom stereocenters. The van der Waals surface area contributed by atoms with Gasteiger partial charge < -0.3 is 14.9 Å². The standard InChI is InChI=1S/C29H28O3/c1-29(2,18-17-21-9-5-3-6-10-21)26-20-27(30)25(19-28(26)31)22-13-15-24(16-14-22)32-23-11-7-4-8-12-23/h3-16,19-20,30-31H,17-18H2,1-2H3. The fraction of sp³-hybridized carbons (Fsp3) is 0.172. The van der Waals surface area contributed by atoms with Gasteiger partial charge >= 0.3 is 0 Å². The zero-order valence-corrected chi connectivity index (χ0v) is 18.5. The fourth-order valence-electron chi connectivity index (χ4n) is 3.91. The van der Waals surface area contributed by atoms with Gasteiger partial charge in [0.1, 0.15) is 23.0 Å². The number of hydrogen-bond donors (Lipinski definition) is 2. The topological polar surface area (TPSA) is 49.7 Å². The lowest BCUT2D eigenvalue weighted by atomic mass is 9.78. The molecule has 0 fully saturated rings. The molecule has 0 atom stereocenters. The van der Waals surface area contributed by atoms with Gasteiger partial charge in [0.25, 0.3) is 0 Å². The van der Waals surface area contributed by atoms with Crippen molar-refractivity contribution in [2.45, 2.75) is 32.1 Å². The third-order valence-corrected chi connectivity index (χ3v) is 5.87. The number of aryl methyl sites for hydroxylation is 1. The van der Waals surface area contributed by atoms with Crippen molar-refractivity contribution < 1.29 is 14.9 Å². The first-order valence-corrected chi connectivity index (χ1v) is 10.9. The van der Waals surface area contributed by atoms with Crippen molar-refractivity contribution in [1.29, 1.82) is 0 Å². The second-order valence-corrected chi connectivity index (χ2v) is 8.70. The first kappa shape index (κ1) is 21.5. The molecule has 0 saturated heterocycles. The molecule has 2 N–H and O–H groups in total. The van der Waals surface area contributed by atoms with Gasteiger partial charge in [0.2, 0.25) is 0 Å². The Kier molecular flexibility index (Phi) is 6.18. The van der Waals surface area contributed by atoms with E-state index in [1.54, 1.807) is 12.1 Å². The van der Waals surface area contributed by atoms with Crippen LogP contribution in [0.4, 0.5) is 0 Å². The molecule has 0 radical (unpaired) electrons. The quantitative estimate of drug-likeness (QED) is 0.303. The van der Waals surface area contributed by atoms with Gasteiger partial charge in [-0.1, -0.05) is 74.5 Å². The maximum Gasteiger partial charge on any atom is 0.127 e. The van der Waals surface area contributed by atoms with Gasteiger partial charge in [-0.05, 0) is 65.8 Å². The van der Waals surface area contributed by atoms with E-state index in [1.165, 1.54) is 5.56 Å². The van der Waals surface area contributed by atoms with Crippen LogP contribution in [0.15, 0.2) is 97.1 Å². The van der Waals surface area contributed by atoms with Crippen LogP contribution in [-0.4, -0.2) is 10.2 Å². The van der Waals surface area contributed by atoms with Crippen molar-refractivity contribution >= 4 is 0 Å². The second-order valence-electron chi connectivity index (χ2n) is 8.70. The van der Waals surface area contributed by atoms with E-state index >= 15 is 0 Å². The molecule has 0 aromatic heterocycles. The predicted molar refractivity (Wildman–Crippen MR) is 130 cm³/mol. The highest BCUT2D eigenvalue weighted by atomic mass is 16.5. The molecule has 3 nitrogen and oxygen atoms in total. The summed E-state index contributed by atoms with van der Waals surface area (Å²) in [6.45, 7) is 4.19. The van der Waals surface area contributed by atoms with E-state index in [1.807, 2.05) is 72.8 Å². The largest absolute Gasteiger partial charge is 0.508 e. The Balaban J connectivity index is 1.53. The van der Waals surface area contributed by atoms with Gasteiger partial charge in [-0.15, -0.1) is 0 Å². The summed E-state index contributed by atoms with van der Waals surface area (Å²) in [5.74, 6) is 1.83. The van der Waals surface area contributed by atoms with Crippen LogP contribution in [0.5, 0.6) is 23.0 Å². The Hall–Kier alpha value is -3.72. The summed E-state index contributed by atoms with van der Waals surface area (Å²) in [6.07, 6.45) is 1.76. The third kappa shape index (κ3) is 4.94. The molecule has 0 heterocycles. The lowest BCUT2D eigenvalue weighted by molar-refractivity contribution is 0.413. The van der Waals surface area contributed by atoms with Crippen LogP contribution < -0.4 is 4.74 Å². The molecule has 0 aliphatic rings. The number of phenols is 2. The lowest BCUT2D eigenvalue weighted by Crippen LogP contribution is -2.18. The number of benzene rings is 4. The van der Waals surface area contributed by atoms with E-state index in [-0.39, 0.29) is 16.9 Å². The highest BCUT2D eigenvalue weighted by Crippen LogP contribution is 2.42. The van der Waals surface area contributed by atoms with Crippen LogP contribution in [0.3, 0.4) is 0 Å². The highest BCUT2D eigenvalue weighted by Gasteiger charge is 2.25. The Morgan fingerprint density at radius 3 is 1.94 bits per heavy atom. The van der Waals surface area contributed by atoms with Crippen molar-refractivity contribution in [3.63, 3.8) is 0 Å². The minimum atomic E-state index is -0.288. The number of phenolic OH excluding ortho intramolecular Hbond substituents is 2. The van der Waals surface area contributed by atoms with Crippen molar-refractivity contribution in [1.82, 2.24) is 0 Å². The van der Waals surface area contributed by atoms with Crippen LogP contribution in [-0.2, 0) is 11.8 Å². The molecule has 4 rings (SSSR count). The zero-order valence-electron chi connectivity index (χ0n) is 18.5. The summed E-state index contributed by atoms with van der Waals surface area (Å²) in [5, 5.41) is 21.6. The number of aromatic hydroxyl groups is 2. The Morgan fingerprint density at radius 1 is 0.688 bits per heavy atom. The molecule has 0 aliphatic heterocycles. The third-order valence-electron chi connectivity index (χ3n) is 5.87. The first-order valence-electron chi connectivity index (χ1n) is 10.9. The molecule has 4 aromatic carbocycles. The molecular formula is C29H28O3. The van der Waals surface area contributed by atoms with Crippen LogP contribution in [0, 0.1) is 0 Å². The summed E-state index contributed by atoms with van der Waals surface area (Å²) in [6, 6.07) is 30.7. The van der Waals surface area contributed by atoms with Gasteiger partial charge in [-0.25, -0.2) is 0 Å². The van der Waals surface area contributed by atoms with E-state index in [0.717, 1.165) is 29.7 Å². The average molecular weight is 425 g/mol. The monoisotopic (exact) mass is 424 g/mol. The second kappa shape index (κ2) is 9.19. The van der Waals surface area contributed by atoms with Crippen molar-refractivity contribution in [2.75, 3.05) is 0 Å². The summed E-state index contributed by atoms with van der Waals surface area (Å²) in [7, 11) is 0. The van der Waals surface area contributed by atoms with Gasteiger partial charge in [-0.3, -0.25) is 0 Å². The number of para-hydroxylation sites is 1. The van der Waals surface area contributed by atoms with Crippen molar-refractivity contribution in [2.24, 2.45) is 0 Å². The van der Waals surface area contributed by atoms with E-state index < -0.39 is 0 Å². The van der Waals surface area contributed by atoms with Gasteiger partial charge in [-0.2, -0.15) is 0 Å². The Labute approximate surface area is 189 Å². The Bertz CT molecular complexity index is 1160. The molecular weight excluding hydrogens is 396 g/mol. The molecule has 0 spiro atoms. The SMILES string of the molecule is CC(C)(CCc1ccccc1)c1cc(O)c(-c2ccc(Oc3ccccc3)cc2)cc1O. The van der Waals surface area contributed by atoms with Crippen molar-refractivity contribution in [3.8, 4) is 34.1 Å². The summed E-state index contributed by atoms with van der Waals surface area (Å²) >= 11 is 0.